The Labute approximate surface area is 176 Å². The normalized spacial score (nSPS) is 17.9. The number of nitrogens with zero attached hydrogens (tertiary/aromatic N) is 3. The number of ketones is 1. The lowest BCUT2D eigenvalue weighted by atomic mass is 10.1. The number of carbonyl (C=O) groups excluding carboxylic acids is 3. The van der Waals surface area contributed by atoms with Crippen LogP contribution in [0.3, 0.4) is 0 Å². The van der Waals surface area contributed by atoms with Crippen molar-refractivity contribution in [1.82, 2.24) is 4.90 Å². The van der Waals surface area contributed by atoms with Gasteiger partial charge in [-0.05, 0) is 50.2 Å². The Morgan fingerprint density at radius 2 is 1.63 bits per heavy atom. The number of fused-ring (bicyclic) bond motifs is 1. The molecule has 4 rings (SSSR count). The molecule has 2 aliphatic rings. The predicted octanol–water partition coefficient (Wildman–Crippen LogP) is 2.38. The second-order valence-corrected chi connectivity index (χ2v) is 7.79. The van der Waals surface area contributed by atoms with Crippen molar-refractivity contribution in [3.63, 3.8) is 0 Å². The molecule has 2 aromatic carbocycles. The van der Waals surface area contributed by atoms with E-state index >= 15 is 0 Å². The number of anilines is 3. The van der Waals surface area contributed by atoms with Gasteiger partial charge in [-0.2, -0.15) is 0 Å². The summed E-state index contributed by atoms with van der Waals surface area (Å²) in [5, 5.41) is 2.82. The summed E-state index contributed by atoms with van der Waals surface area (Å²) in [6.07, 6.45) is 0. The van der Waals surface area contributed by atoms with E-state index in [1.54, 1.807) is 11.8 Å². The monoisotopic (exact) mass is 406 g/mol. The molecule has 1 saturated heterocycles. The smallest absolute Gasteiger partial charge is 0.244 e. The van der Waals surface area contributed by atoms with E-state index in [0.29, 0.717) is 11.3 Å². The van der Waals surface area contributed by atoms with Gasteiger partial charge in [-0.3, -0.25) is 24.2 Å². The van der Waals surface area contributed by atoms with E-state index in [9.17, 15) is 14.4 Å². The van der Waals surface area contributed by atoms with Gasteiger partial charge in [-0.25, -0.2) is 0 Å². The Kier molecular flexibility index (Phi) is 5.55. The van der Waals surface area contributed by atoms with Crippen LogP contribution in [0.25, 0.3) is 0 Å². The zero-order valence-electron chi connectivity index (χ0n) is 17.3. The average molecular weight is 406 g/mol. The minimum absolute atomic E-state index is 0.0443. The Morgan fingerprint density at radius 1 is 0.967 bits per heavy atom. The van der Waals surface area contributed by atoms with Crippen molar-refractivity contribution >= 4 is 34.7 Å². The molecule has 7 heteroatoms. The van der Waals surface area contributed by atoms with Gasteiger partial charge in [0.05, 0.1) is 17.4 Å². The van der Waals surface area contributed by atoms with Gasteiger partial charge in [0, 0.05) is 37.4 Å². The number of benzene rings is 2. The second-order valence-electron chi connectivity index (χ2n) is 7.79. The van der Waals surface area contributed by atoms with Crippen LogP contribution in [0.1, 0.15) is 24.2 Å². The molecule has 2 aliphatic heterocycles. The SMILES string of the molecule is CC(=O)c1ccc(N2CCN([C@H](C)C(=O)N3CC(=O)Nc4ccccc43)CC2)cc1. The van der Waals surface area contributed by atoms with Crippen LogP contribution in [-0.4, -0.2) is 61.3 Å². The van der Waals surface area contributed by atoms with Crippen LogP contribution in [0.5, 0.6) is 0 Å². The molecule has 0 bridgehead atoms. The maximum absolute atomic E-state index is 13.2. The zero-order valence-corrected chi connectivity index (χ0v) is 17.3. The Balaban J connectivity index is 1.41. The molecule has 1 fully saturated rings. The first-order valence-electron chi connectivity index (χ1n) is 10.2. The molecule has 0 saturated carbocycles. The van der Waals surface area contributed by atoms with Crippen LogP contribution in [0.15, 0.2) is 48.5 Å². The van der Waals surface area contributed by atoms with Crippen molar-refractivity contribution in [2.24, 2.45) is 0 Å². The fourth-order valence-corrected chi connectivity index (χ4v) is 4.09. The number of hydrogen-bond acceptors (Lipinski definition) is 5. The predicted molar refractivity (Wildman–Crippen MR) is 117 cm³/mol. The number of amides is 2. The van der Waals surface area contributed by atoms with Crippen molar-refractivity contribution in [3.05, 3.63) is 54.1 Å². The molecule has 2 amide bonds. The minimum atomic E-state index is -0.314. The fraction of sp³-hybridized carbons (Fsp3) is 0.348. The average Bonchev–Trinajstić information content (AvgIpc) is 2.77. The van der Waals surface area contributed by atoms with Crippen LogP contribution >= 0.6 is 0 Å². The maximum atomic E-state index is 13.2. The summed E-state index contributed by atoms with van der Waals surface area (Å²) in [6.45, 7) is 6.63. The maximum Gasteiger partial charge on any atom is 0.244 e. The number of piperazine rings is 1. The van der Waals surface area contributed by atoms with Gasteiger partial charge in [-0.1, -0.05) is 12.1 Å². The van der Waals surface area contributed by atoms with Gasteiger partial charge in [0.1, 0.15) is 6.54 Å². The summed E-state index contributed by atoms with van der Waals surface area (Å²) in [5.74, 6) is -0.170. The van der Waals surface area contributed by atoms with Crippen LogP contribution in [0, 0.1) is 0 Å². The summed E-state index contributed by atoms with van der Waals surface area (Å²) >= 11 is 0. The van der Waals surface area contributed by atoms with Crippen molar-refractivity contribution in [2.75, 3.05) is 47.8 Å². The quantitative estimate of drug-likeness (QED) is 0.790. The van der Waals surface area contributed by atoms with Crippen LogP contribution in [-0.2, 0) is 9.59 Å². The Bertz CT molecular complexity index is 965. The minimum Gasteiger partial charge on any atom is -0.369 e. The highest BCUT2D eigenvalue weighted by molar-refractivity contribution is 6.11. The third-order valence-electron chi connectivity index (χ3n) is 5.90. The molecule has 0 spiro atoms. The van der Waals surface area contributed by atoms with Gasteiger partial charge in [0.25, 0.3) is 0 Å². The molecule has 2 heterocycles. The second kappa shape index (κ2) is 8.28. The third-order valence-corrected chi connectivity index (χ3v) is 5.90. The van der Waals surface area contributed by atoms with Crippen LogP contribution in [0.2, 0.25) is 0 Å². The van der Waals surface area contributed by atoms with Gasteiger partial charge in [0.15, 0.2) is 5.78 Å². The van der Waals surface area contributed by atoms with Gasteiger partial charge in [-0.15, -0.1) is 0 Å². The highest BCUT2D eigenvalue weighted by Crippen LogP contribution is 2.30. The summed E-state index contributed by atoms with van der Waals surface area (Å²) < 4.78 is 0. The molecule has 0 aromatic heterocycles. The third kappa shape index (κ3) is 3.93. The van der Waals surface area contributed by atoms with Crippen LogP contribution in [0.4, 0.5) is 17.1 Å². The Hall–Kier alpha value is -3.19. The van der Waals surface area contributed by atoms with Gasteiger partial charge < -0.3 is 10.2 Å². The van der Waals surface area contributed by atoms with E-state index in [4.69, 9.17) is 0 Å². The van der Waals surface area contributed by atoms with Crippen LogP contribution < -0.4 is 15.1 Å². The summed E-state index contributed by atoms with van der Waals surface area (Å²) in [5.41, 5.74) is 3.22. The molecule has 1 atom stereocenters. The summed E-state index contributed by atoms with van der Waals surface area (Å²) in [7, 11) is 0. The lowest BCUT2D eigenvalue weighted by Gasteiger charge is -2.40. The molecule has 0 unspecified atom stereocenters. The highest BCUT2D eigenvalue weighted by Gasteiger charge is 2.33. The van der Waals surface area contributed by atoms with Crippen molar-refractivity contribution in [3.8, 4) is 0 Å². The molecular formula is C23H26N4O3. The molecule has 0 aliphatic carbocycles. The van der Waals surface area contributed by atoms with Gasteiger partial charge in [0.2, 0.25) is 11.8 Å². The first-order valence-corrected chi connectivity index (χ1v) is 10.2. The van der Waals surface area contributed by atoms with Gasteiger partial charge >= 0.3 is 0 Å². The van der Waals surface area contributed by atoms with E-state index in [0.717, 1.165) is 37.6 Å². The zero-order chi connectivity index (χ0) is 21.3. The first kappa shape index (κ1) is 20.1. The number of carbonyl (C=O) groups is 3. The topological polar surface area (TPSA) is 73.0 Å². The first-order chi connectivity index (χ1) is 14.4. The number of hydrogen-bond donors (Lipinski definition) is 1. The molecule has 1 N–H and O–H groups in total. The largest absolute Gasteiger partial charge is 0.369 e. The van der Waals surface area contributed by atoms with E-state index in [1.807, 2.05) is 55.5 Å². The van der Waals surface area contributed by atoms with Crippen molar-refractivity contribution in [2.45, 2.75) is 19.9 Å². The van der Waals surface area contributed by atoms with E-state index in [1.165, 1.54) is 0 Å². The number of nitrogens with one attached hydrogen (secondary N) is 1. The Morgan fingerprint density at radius 3 is 2.30 bits per heavy atom. The summed E-state index contributed by atoms with van der Waals surface area (Å²) in [4.78, 5) is 42.8. The number of para-hydroxylation sites is 2. The lowest BCUT2D eigenvalue weighted by molar-refractivity contribution is -0.125. The lowest BCUT2D eigenvalue weighted by Crippen LogP contribution is -2.56. The summed E-state index contributed by atoms with van der Waals surface area (Å²) in [6, 6.07) is 14.7. The molecular weight excluding hydrogens is 380 g/mol. The van der Waals surface area contributed by atoms with Crippen molar-refractivity contribution < 1.29 is 14.4 Å². The molecule has 0 radical (unpaired) electrons. The van der Waals surface area contributed by atoms with Crippen molar-refractivity contribution in [1.29, 1.82) is 0 Å². The highest BCUT2D eigenvalue weighted by atomic mass is 16.2. The molecule has 156 valence electrons. The molecule has 7 nitrogen and oxygen atoms in total. The fourth-order valence-electron chi connectivity index (χ4n) is 4.09. The van der Waals surface area contributed by atoms with E-state index in [-0.39, 0.29) is 30.2 Å². The molecule has 2 aromatic rings. The molecule has 30 heavy (non-hydrogen) atoms. The standard InChI is InChI=1S/C23H26N4O3/c1-16(23(30)27-15-22(29)24-20-5-3-4-6-21(20)27)25-11-13-26(14-12-25)19-9-7-18(8-10-19)17(2)28/h3-10,16H,11-15H2,1-2H3,(H,24,29)/t16-/m1/s1. The number of Topliss-reactive ketones (excluding diaryl/α,β-unsaturated/α-hetero) is 1. The van der Waals surface area contributed by atoms with E-state index in [2.05, 4.69) is 15.1 Å². The van der Waals surface area contributed by atoms with E-state index < -0.39 is 0 Å². The number of rotatable bonds is 4.